The minimum Gasteiger partial charge on any atom is -0.481 e. The lowest BCUT2D eigenvalue weighted by Gasteiger charge is -2.14. The zero-order chi connectivity index (χ0) is 33.9. The number of fused-ring (bicyclic) bond motifs is 2. The number of carbonyl (C=O) groups is 2. The molecule has 0 heterocycles. The highest BCUT2D eigenvalue weighted by Gasteiger charge is 2.15. The van der Waals surface area contributed by atoms with Gasteiger partial charge in [0, 0.05) is 12.8 Å². The van der Waals surface area contributed by atoms with Gasteiger partial charge in [0.2, 0.25) is 0 Å². The van der Waals surface area contributed by atoms with E-state index < -0.39 is 24.1 Å². The Balaban J connectivity index is 1.05. The van der Waals surface area contributed by atoms with Crippen LogP contribution in [-0.2, 0) is 22.3 Å². The number of ether oxygens (including phenoxy) is 4. The molecule has 48 heavy (non-hydrogen) atoms. The molecule has 2 N–H and O–H groups in total. The average molecular weight is 643 g/mol. The molecule has 5 rings (SSSR count). The second-order valence-electron chi connectivity index (χ2n) is 11.2. The molecule has 0 saturated heterocycles. The molecule has 0 fully saturated rings. The fourth-order valence-electron chi connectivity index (χ4n) is 5.12. The van der Waals surface area contributed by atoms with E-state index >= 15 is 0 Å². The van der Waals surface area contributed by atoms with Crippen LogP contribution in [-0.4, -0.2) is 60.8 Å². The fourth-order valence-corrected chi connectivity index (χ4v) is 5.12. The molecule has 0 aliphatic rings. The number of terminal acetylenes is 2. The van der Waals surface area contributed by atoms with E-state index in [9.17, 15) is 19.8 Å². The molecule has 2 unspecified atom stereocenters. The molecule has 5 aromatic rings. The van der Waals surface area contributed by atoms with Crippen LogP contribution in [0.25, 0.3) is 21.5 Å². The minimum absolute atomic E-state index is 0.166. The van der Waals surface area contributed by atoms with Gasteiger partial charge in [-0.25, -0.2) is 9.59 Å². The molecular formula is C40H34O8. The number of aliphatic hydroxyl groups is 2. The molecule has 0 spiro atoms. The summed E-state index contributed by atoms with van der Waals surface area (Å²) in [5.74, 6) is 5.07. The molecule has 8 nitrogen and oxygen atoms in total. The molecule has 8 heteroatoms. The van der Waals surface area contributed by atoms with E-state index in [1.807, 2.05) is 48.5 Å². The van der Waals surface area contributed by atoms with Crippen LogP contribution in [0.2, 0.25) is 0 Å². The molecule has 2 atom stereocenters. The smallest absolute Gasteiger partial charge is 0.338 e. The first-order valence-corrected chi connectivity index (χ1v) is 15.3. The maximum absolute atomic E-state index is 12.6. The molecule has 0 radical (unpaired) electrons. The van der Waals surface area contributed by atoms with Gasteiger partial charge in [-0.2, -0.15) is 0 Å². The standard InChI is InChI=1S/C40H34O8/c1-3-17-45-37-15-13-29-21-33(11-9-31(29)23-37)39(43)47-25-35(41)19-27-5-7-28(8-6-27)20-36(42)26-48-40(44)34-12-10-32-24-38(46-18-4-2)16-14-30(32)22-34/h1-2,5-16,21-24,35-36,41-42H,17-20,25-26H2. The van der Waals surface area contributed by atoms with Crippen molar-refractivity contribution in [2.24, 2.45) is 0 Å². The SMILES string of the molecule is C#CCOc1ccc2cc(C(=O)OCC(O)Cc3ccc(CC(O)COC(=O)c4ccc5cc(OCC#C)ccc5c4)cc3)ccc2c1. The van der Waals surface area contributed by atoms with E-state index in [2.05, 4.69) is 11.8 Å². The third-order valence-corrected chi connectivity index (χ3v) is 7.52. The van der Waals surface area contributed by atoms with Crippen LogP contribution in [0.1, 0.15) is 31.8 Å². The Morgan fingerprint density at radius 3 is 1.33 bits per heavy atom. The quantitative estimate of drug-likeness (QED) is 0.120. The van der Waals surface area contributed by atoms with Crippen molar-refractivity contribution in [2.75, 3.05) is 26.4 Å². The first kappa shape index (κ1) is 33.6. The molecule has 0 aliphatic carbocycles. The Labute approximate surface area is 278 Å². The Kier molecular flexibility index (Phi) is 11.3. The number of hydrogen-bond donors (Lipinski definition) is 2. The summed E-state index contributed by atoms with van der Waals surface area (Å²) >= 11 is 0. The first-order chi connectivity index (χ1) is 23.3. The highest BCUT2D eigenvalue weighted by Crippen LogP contribution is 2.24. The second-order valence-corrected chi connectivity index (χ2v) is 11.2. The van der Waals surface area contributed by atoms with Gasteiger partial charge < -0.3 is 29.2 Å². The Bertz CT molecular complexity index is 1840. The van der Waals surface area contributed by atoms with Crippen LogP contribution >= 0.6 is 0 Å². The molecule has 242 valence electrons. The third kappa shape index (κ3) is 9.14. The molecular weight excluding hydrogens is 608 g/mol. The minimum atomic E-state index is -0.903. The molecule has 0 aliphatic heterocycles. The van der Waals surface area contributed by atoms with Crippen molar-refractivity contribution < 1.29 is 38.7 Å². The zero-order valence-corrected chi connectivity index (χ0v) is 26.1. The van der Waals surface area contributed by atoms with E-state index in [0.29, 0.717) is 22.6 Å². The molecule has 0 bridgehead atoms. The van der Waals surface area contributed by atoms with Gasteiger partial charge in [-0.05, 0) is 81.2 Å². The number of rotatable bonds is 14. The lowest BCUT2D eigenvalue weighted by Crippen LogP contribution is -2.21. The number of hydrogen-bond acceptors (Lipinski definition) is 8. The highest BCUT2D eigenvalue weighted by atomic mass is 16.5. The summed E-state index contributed by atoms with van der Waals surface area (Å²) in [4.78, 5) is 25.2. The summed E-state index contributed by atoms with van der Waals surface area (Å²) in [5, 5.41) is 24.5. The van der Waals surface area contributed by atoms with Crippen molar-refractivity contribution in [3.63, 3.8) is 0 Å². The predicted molar refractivity (Wildman–Crippen MR) is 183 cm³/mol. The largest absolute Gasteiger partial charge is 0.481 e. The van der Waals surface area contributed by atoms with Crippen molar-refractivity contribution in [1.29, 1.82) is 0 Å². The fraction of sp³-hybridized carbons (Fsp3) is 0.200. The highest BCUT2D eigenvalue weighted by molar-refractivity contribution is 5.96. The van der Waals surface area contributed by atoms with E-state index in [1.54, 1.807) is 48.5 Å². The molecule has 0 amide bonds. The van der Waals surface area contributed by atoms with Crippen LogP contribution in [0.3, 0.4) is 0 Å². The summed E-state index contributed by atoms with van der Waals surface area (Å²) in [6, 6.07) is 28.6. The number of carbonyl (C=O) groups excluding carboxylic acids is 2. The zero-order valence-electron chi connectivity index (χ0n) is 26.1. The van der Waals surface area contributed by atoms with E-state index in [-0.39, 0.29) is 39.3 Å². The number of esters is 2. The Morgan fingerprint density at radius 1 is 0.562 bits per heavy atom. The Hall–Kier alpha value is -5.80. The van der Waals surface area contributed by atoms with Crippen LogP contribution in [0.15, 0.2) is 97.1 Å². The normalized spacial score (nSPS) is 12.0. The van der Waals surface area contributed by atoms with Gasteiger partial charge in [0.25, 0.3) is 0 Å². The van der Waals surface area contributed by atoms with Crippen LogP contribution < -0.4 is 9.47 Å². The molecule has 0 aromatic heterocycles. The van der Waals surface area contributed by atoms with E-state index in [1.165, 1.54) is 0 Å². The second kappa shape index (κ2) is 16.2. The van der Waals surface area contributed by atoms with Crippen LogP contribution in [0, 0.1) is 24.7 Å². The third-order valence-electron chi connectivity index (χ3n) is 7.52. The van der Waals surface area contributed by atoms with Gasteiger partial charge in [0.15, 0.2) is 0 Å². The summed E-state index contributed by atoms with van der Waals surface area (Å²) in [6.07, 6.45) is 9.22. The summed E-state index contributed by atoms with van der Waals surface area (Å²) in [7, 11) is 0. The molecule has 5 aromatic carbocycles. The van der Waals surface area contributed by atoms with Gasteiger partial charge in [0.1, 0.15) is 37.9 Å². The maximum atomic E-state index is 12.6. The van der Waals surface area contributed by atoms with Crippen molar-refractivity contribution in [3.05, 3.63) is 119 Å². The van der Waals surface area contributed by atoms with Gasteiger partial charge in [-0.1, -0.05) is 60.4 Å². The summed E-state index contributed by atoms with van der Waals surface area (Å²) in [6.45, 7) is 0.0143. The van der Waals surface area contributed by atoms with Crippen molar-refractivity contribution in [3.8, 4) is 36.2 Å². The Morgan fingerprint density at radius 2 is 0.938 bits per heavy atom. The lowest BCUT2D eigenvalue weighted by atomic mass is 10.0. The van der Waals surface area contributed by atoms with Crippen LogP contribution in [0.5, 0.6) is 11.5 Å². The summed E-state index contributed by atoms with van der Waals surface area (Å²) in [5.41, 5.74) is 2.42. The maximum Gasteiger partial charge on any atom is 0.338 e. The van der Waals surface area contributed by atoms with Gasteiger partial charge >= 0.3 is 11.9 Å². The lowest BCUT2D eigenvalue weighted by molar-refractivity contribution is 0.0254. The molecule has 0 saturated carbocycles. The van der Waals surface area contributed by atoms with Crippen molar-refractivity contribution >= 4 is 33.5 Å². The number of aliphatic hydroxyl groups excluding tert-OH is 2. The monoisotopic (exact) mass is 642 g/mol. The van der Waals surface area contributed by atoms with E-state index in [4.69, 9.17) is 31.8 Å². The van der Waals surface area contributed by atoms with Gasteiger partial charge in [0.05, 0.1) is 23.3 Å². The average Bonchev–Trinajstić information content (AvgIpc) is 3.11. The predicted octanol–water partition coefficient (Wildman–Crippen LogP) is 5.54. The van der Waals surface area contributed by atoms with Crippen molar-refractivity contribution in [2.45, 2.75) is 25.0 Å². The summed E-state index contributed by atoms with van der Waals surface area (Å²) < 4.78 is 21.6. The number of benzene rings is 5. The van der Waals surface area contributed by atoms with Crippen molar-refractivity contribution in [1.82, 2.24) is 0 Å². The van der Waals surface area contributed by atoms with Gasteiger partial charge in [-0.3, -0.25) is 0 Å². The first-order valence-electron chi connectivity index (χ1n) is 15.3. The topological polar surface area (TPSA) is 112 Å². The van der Waals surface area contributed by atoms with Crippen LogP contribution in [0.4, 0.5) is 0 Å². The van der Waals surface area contributed by atoms with E-state index in [0.717, 1.165) is 32.7 Å². The van der Waals surface area contributed by atoms with Gasteiger partial charge in [-0.15, -0.1) is 12.8 Å².